The van der Waals surface area contributed by atoms with Crippen LogP contribution in [0.15, 0.2) is 0 Å². The Morgan fingerprint density at radius 3 is 2.38 bits per heavy atom. The van der Waals surface area contributed by atoms with Crippen molar-refractivity contribution in [3.63, 3.8) is 0 Å². The second-order valence-electron chi connectivity index (χ2n) is 1.98. The van der Waals surface area contributed by atoms with Crippen molar-refractivity contribution in [3.05, 3.63) is 0 Å². The fraction of sp³-hybridized carbons (Fsp3) is 1.00. The lowest BCUT2D eigenvalue weighted by molar-refractivity contribution is 0.357. The predicted molar refractivity (Wildman–Crippen MR) is 41.3 cm³/mol. The molecule has 1 rings (SSSR count). The van der Waals surface area contributed by atoms with Gasteiger partial charge in [0.25, 0.3) is 0 Å². The highest BCUT2D eigenvalue weighted by atomic mass is 32.2. The zero-order valence-corrected chi connectivity index (χ0v) is 6.54. The number of likely N-dealkylation sites (N-methyl/N-ethyl adjacent to an activating group) is 1. The molecular weight excluding hydrogens is 140 g/mol. The van der Waals surface area contributed by atoms with Crippen molar-refractivity contribution in [1.82, 2.24) is 10.2 Å². The van der Waals surface area contributed by atoms with Crippen LogP contribution < -0.4 is 5.32 Å². The molecule has 1 aliphatic heterocycles. The van der Waals surface area contributed by atoms with Crippen molar-refractivity contribution >= 4 is 25.3 Å². The van der Waals surface area contributed by atoms with Crippen LogP contribution in [0.1, 0.15) is 0 Å². The van der Waals surface area contributed by atoms with Gasteiger partial charge in [-0.2, -0.15) is 0 Å². The molecule has 0 aliphatic carbocycles. The second kappa shape index (κ2) is 2.10. The van der Waals surface area contributed by atoms with Gasteiger partial charge in [0.1, 0.15) is 0 Å². The molecule has 1 fully saturated rings. The van der Waals surface area contributed by atoms with Gasteiger partial charge in [0.15, 0.2) is 4.33 Å². The van der Waals surface area contributed by atoms with E-state index in [-0.39, 0.29) is 4.33 Å². The number of nitrogens with one attached hydrogen (secondary N) is 1. The molecule has 0 aromatic heterocycles. The SMILES string of the molecule is CN1CCNC1(S)S. The van der Waals surface area contributed by atoms with Crippen molar-refractivity contribution in [2.45, 2.75) is 4.33 Å². The van der Waals surface area contributed by atoms with E-state index in [9.17, 15) is 0 Å². The van der Waals surface area contributed by atoms with Crippen LogP contribution in [-0.4, -0.2) is 29.4 Å². The lowest BCUT2D eigenvalue weighted by atomic mass is 10.7. The summed E-state index contributed by atoms with van der Waals surface area (Å²) in [5.74, 6) is 0. The maximum absolute atomic E-state index is 4.22. The fourth-order valence-electron chi connectivity index (χ4n) is 0.682. The Morgan fingerprint density at radius 1 is 1.62 bits per heavy atom. The third-order valence-corrected chi connectivity index (χ3v) is 2.34. The van der Waals surface area contributed by atoms with E-state index < -0.39 is 0 Å². The summed E-state index contributed by atoms with van der Waals surface area (Å²) in [7, 11) is 1.99. The average molecular weight is 150 g/mol. The number of rotatable bonds is 0. The Labute approximate surface area is 60.4 Å². The number of nitrogens with zero attached hydrogens (tertiary/aromatic N) is 1. The van der Waals surface area contributed by atoms with Gasteiger partial charge < -0.3 is 0 Å². The molecule has 0 aromatic carbocycles. The van der Waals surface area contributed by atoms with E-state index in [2.05, 4.69) is 30.6 Å². The molecule has 0 unspecified atom stereocenters. The highest BCUT2D eigenvalue weighted by Gasteiger charge is 2.29. The summed E-state index contributed by atoms with van der Waals surface area (Å²) in [5.41, 5.74) is 0. The first-order chi connectivity index (χ1) is 3.63. The average Bonchev–Trinajstić information content (AvgIpc) is 1.86. The van der Waals surface area contributed by atoms with Gasteiger partial charge >= 0.3 is 0 Å². The summed E-state index contributed by atoms with van der Waals surface area (Å²) >= 11 is 8.45. The van der Waals surface area contributed by atoms with Crippen molar-refractivity contribution in [2.75, 3.05) is 20.1 Å². The second-order valence-corrected chi connectivity index (χ2v) is 3.63. The molecule has 0 bridgehead atoms. The lowest BCUT2D eigenvalue weighted by Crippen LogP contribution is -2.38. The van der Waals surface area contributed by atoms with E-state index in [4.69, 9.17) is 0 Å². The van der Waals surface area contributed by atoms with E-state index in [1.165, 1.54) is 0 Å². The van der Waals surface area contributed by atoms with E-state index in [0.29, 0.717) is 0 Å². The van der Waals surface area contributed by atoms with Gasteiger partial charge in [-0.15, -0.1) is 25.3 Å². The number of hydrogen-bond donors (Lipinski definition) is 3. The van der Waals surface area contributed by atoms with Gasteiger partial charge in [0, 0.05) is 13.1 Å². The van der Waals surface area contributed by atoms with E-state index in [0.717, 1.165) is 13.1 Å². The smallest absolute Gasteiger partial charge is 0.162 e. The van der Waals surface area contributed by atoms with Crippen LogP contribution in [0, 0.1) is 0 Å². The largest absolute Gasteiger partial charge is 0.281 e. The van der Waals surface area contributed by atoms with Crippen LogP contribution in [0.2, 0.25) is 0 Å². The minimum atomic E-state index is -0.375. The lowest BCUT2D eigenvalue weighted by Gasteiger charge is -2.24. The molecule has 0 aromatic rings. The molecule has 0 atom stereocenters. The molecule has 0 spiro atoms. The quantitative estimate of drug-likeness (QED) is 0.332. The monoisotopic (exact) mass is 150 g/mol. The third-order valence-electron chi connectivity index (χ3n) is 1.34. The van der Waals surface area contributed by atoms with E-state index in [1.54, 1.807) is 0 Å². The normalized spacial score (nSPS) is 28.9. The molecule has 1 N–H and O–H groups in total. The molecule has 48 valence electrons. The topological polar surface area (TPSA) is 15.3 Å². The van der Waals surface area contributed by atoms with Gasteiger partial charge in [0.2, 0.25) is 0 Å². The van der Waals surface area contributed by atoms with Crippen LogP contribution in [0.4, 0.5) is 0 Å². The molecular formula is C4H10N2S2. The highest BCUT2D eigenvalue weighted by Crippen LogP contribution is 2.22. The van der Waals surface area contributed by atoms with Crippen molar-refractivity contribution in [1.29, 1.82) is 0 Å². The van der Waals surface area contributed by atoms with Crippen LogP contribution in [0.3, 0.4) is 0 Å². The first-order valence-corrected chi connectivity index (χ1v) is 3.43. The third kappa shape index (κ3) is 1.13. The standard InChI is InChI=1S/C4H10N2S2/c1-6-3-2-5-4(6,7)8/h5,7-8H,2-3H2,1H3. The summed E-state index contributed by atoms with van der Waals surface area (Å²) in [6.07, 6.45) is 0. The molecule has 0 radical (unpaired) electrons. The summed E-state index contributed by atoms with van der Waals surface area (Å²) in [4.78, 5) is 2.04. The van der Waals surface area contributed by atoms with E-state index in [1.807, 2.05) is 11.9 Å². The summed E-state index contributed by atoms with van der Waals surface area (Å²) in [6, 6.07) is 0. The van der Waals surface area contributed by atoms with Gasteiger partial charge in [-0.1, -0.05) is 0 Å². The number of hydrogen-bond acceptors (Lipinski definition) is 4. The van der Waals surface area contributed by atoms with Crippen LogP contribution in [0.5, 0.6) is 0 Å². The summed E-state index contributed by atoms with van der Waals surface area (Å²) < 4.78 is -0.375. The van der Waals surface area contributed by atoms with Crippen molar-refractivity contribution in [3.8, 4) is 0 Å². The molecule has 8 heavy (non-hydrogen) atoms. The zero-order chi connectivity index (χ0) is 6.20. The predicted octanol–water partition coefficient (Wildman–Crippen LogP) is -0.00770. The molecule has 4 heteroatoms. The Hall–Kier alpha value is 0.620. The fourth-order valence-corrected chi connectivity index (χ4v) is 1.11. The molecule has 1 heterocycles. The maximum atomic E-state index is 4.22. The molecule has 2 nitrogen and oxygen atoms in total. The molecule has 0 saturated carbocycles. The van der Waals surface area contributed by atoms with Gasteiger partial charge in [-0.25, -0.2) is 0 Å². The Bertz CT molecular complexity index is 94.0. The van der Waals surface area contributed by atoms with Crippen LogP contribution >= 0.6 is 25.3 Å². The Kier molecular flexibility index (Phi) is 1.77. The van der Waals surface area contributed by atoms with Gasteiger partial charge in [0.05, 0.1) is 0 Å². The van der Waals surface area contributed by atoms with Gasteiger partial charge in [-0.05, 0) is 7.05 Å². The number of thiol groups is 2. The zero-order valence-electron chi connectivity index (χ0n) is 4.76. The van der Waals surface area contributed by atoms with Crippen LogP contribution in [0.25, 0.3) is 0 Å². The first-order valence-electron chi connectivity index (χ1n) is 2.54. The molecule has 1 aliphatic rings. The maximum Gasteiger partial charge on any atom is 0.162 e. The molecule has 0 amide bonds. The Morgan fingerprint density at radius 2 is 2.25 bits per heavy atom. The highest BCUT2D eigenvalue weighted by molar-refractivity contribution is 8.00. The van der Waals surface area contributed by atoms with E-state index >= 15 is 0 Å². The molecule has 1 saturated heterocycles. The van der Waals surface area contributed by atoms with Gasteiger partial charge in [-0.3, -0.25) is 10.2 Å². The summed E-state index contributed by atoms with van der Waals surface area (Å²) in [6.45, 7) is 2.00. The minimum Gasteiger partial charge on any atom is -0.281 e. The first kappa shape index (κ1) is 6.74. The Balaban J connectivity index is 2.54. The summed E-state index contributed by atoms with van der Waals surface area (Å²) in [5, 5.41) is 3.10. The van der Waals surface area contributed by atoms with Crippen molar-refractivity contribution in [2.24, 2.45) is 0 Å². The minimum absolute atomic E-state index is 0.375. The van der Waals surface area contributed by atoms with Crippen molar-refractivity contribution < 1.29 is 0 Å². The van der Waals surface area contributed by atoms with Crippen LogP contribution in [-0.2, 0) is 0 Å².